The van der Waals surface area contributed by atoms with Gasteiger partial charge in [0.1, 0.15) is 35.6 Å². The Hall–Kier alpha value is -1.35. The normalized spacial score (nSPS) is 44.8. The molecule has 7 N–H and O–H groups in total. The van der Waals surface area contributed by atoms with Crippen LogP contribution < -0.4 is 0 Å². The Labute approximate surface area is 159 Å². The highest BCUT2D eigenvalue weighted by molar-refractivity contribution is 5.91. The van der Waals surface area contributed by atoms with Crippen LogP contribution in [0.2, 0.25) is 0 Å². The molecule has 0 spiro atoms. The first-order valence-electron chi connectivity index (χ1n) is 8.75. The van der Waals surface area contributed by atoms with E-state index in [0.29, 0.717) is 0 Å². The van der Waals surface area contributed by atoms with Crippen LogP contribution in [-0.4, -0.2) is 110 Å². The van der Waals surface area contributed by atoms with E-state index in [2.05, 4.69) is 0 Å². The standard InChI is InChI=1S/C16H24O12/c17-3-7(19)9-14(26-5-6-13(23)25-2-1-16(6,9)24)28-15-12(22)11(21)10(20)8(4-18)27-15/h5,7-12,14-15,17-22,24H,1-4H2/t7-,8-,9+,10-,11+,12+,14+,15+,16+/m1/s1. The lowest BCUT2D eigenvalue weighted by Gasteiger charge is -2.48. The van der Waals surface area contributed by atoms with Gasteiger partial charge < -0.3 is 54.7 Å². The van der Waals surface area contributed by atoms with Gasteiger partial charge in [-0.15, -0.1) is 0 Å². The molecule has 0 aromatic rings. The van der Waals surface area contributed by atoms with Gasteiger partial charge in [0.05, 0.1) is 38.1 Å². The highest BCUT2D eigenvalue weighted by Crippen LogP contribution is 2.43. The quantitative estimate of drug-likeness (QED) is 0.217. The molecule has 160 valence electrons. The topological polar surface area (TPSA) is 196 Å². The average Bonchev–Trinajstić information content (AvgIpc) is 2.67. The number of hydrogen-bond acceptors (Lipinski definition) is 12. The first-order chi connectivity index (χ1) is 13.2. The predicted molar refractivity (Wildman–Crippen MR) is 84.9 cm³/mol. The summed E-state index contributed by atoms with van der Waals surface area (Å²) in [5.41, 5.74) is -2.21. The van der Waals surface area contributed by atoms with Crippen LogP contribution in [0.5, 0.6) is 0 Å². The maximum Gasteiger partial charge on any atom is 0.340 e. The van der Waals surface area contributed by atoms with Crippen molar-refractivity contribution in [2.45, 2.75) is 55.1 Å². The third-order valence-corrected chi connectivity index (χ3v) is 5.29. The minimum atomic E-state index is -1.95. The van der Waals surface area contributed by atoms with Gasteiger partial charge in [0, 0.05) is 6.42 Å². The summed E-state index contributed by atoms with van der Waals surface area (Å²) in [6.45, 7) is -1.62. The van der Waals surface area contributed by atoms with E-state index >= 15 is 0 Å². The number of aliphatic hydroxyl groups is 7. The Morgan fingerprint density at radius 2 is 1.89 bits per heavy atom. The molecule has 2 fully saturated rings. The lowest BCUT2D eigenvalue weighted by molar-refractivity contribution is -0.352. The summed E-state index contributed by atoms with van der Waals surface area (Å²) in [7, 11) is 0. The molecule has 0 aromatic heterocycles. The fraction of sp³-hybridized carbons (Fsp3) is 0.812. The van der Waals surface area contributed by atoms with E-state index < -0.39 is 73.8 Å². The summed E-state index contributed by atoms with van der Waals surface area (Å²) in [4.78, 5) is 11.9. The monoisotopic (exact) mass is 408 g/mol. The first-order valence-corrected chi connectivity index (χ1v) is 8.75. The summed E-state index contributed by atoms with van der Waals surface area (Å²) < 4.78 is 20.8. The Kier molecular flexibility index (Phi) is 6.24. The van der Waals surface area contributed by atoms with Crippen molar-refractivity contribution < 1.29 is 59.5 Å². The SMILES string of the molecule is O=C1OCC[C@]2(O)C1=CO[C@@H](O[C@@H]1O[C@H](CO)[C@@H](O)[C@H](O)[C@@H]1O)[C@@H]2[C@H](O)CO. The molecule has 0 bridgehead atoms. The summed E-state index contributed by atoms with van der Waals surface area (Å²) in [6.07, 6.45) is -10.2. The van der Waals surface area contributed by atoms with Crippen LogP contribution in [0.3, 0.4) is 0 Å². The number of cyclic esters (lactones) is 1. The second-order valence-electron chi connectivity index (χ2n) is 6.96. The molecule has 2 saturated heterocycles. The molecule has 12 heteroatoms. The van der Waals surface area contributed by atoms with E-state index in [9.17, 15) is 40.5 Å². The smallest absolute Gasteiger partial charge is 0.340 e. The van der Waals surface area contributed by atoms with Crippen LogP contribution in [0.25, 0.3) is 0 Å². The number of carbonyl (C=O) groups excluding carboxylic acids is 1. The number of esters is 1. The van der Waals surface area contributed by atoms with Crippen molar-refractivity contribution >= 4 is 5.97 Å². The zero-order chi connectivity index (χ0) is 20.6. The van der Waals surface area contributed by atoms with E-state index in [0.717, 1.165) is 6.26 Å². The number of ether oxygens (including phenoxy) is 4. The molecule has 3 aliphatic rings. The minimum absolute atomic E-state index is 0.107. The fourth-order valence-electron chi connectivity index (χ4n) is 3.67. The highest BCUT2D eigenvalue weighted by atomic mass is 16.8. The second kappa shape index (κ2) is 8.18. The Balaban J connectivity index is 1.87. The number of hydrogen-bond donors (Lipinski definition) is 7. The molecule has 0 amide bonds. The average molecular weight is 408 g/mol. The van der Waals surface area contributed by atoms with Crippen molar-refractivity contribution in [3.8, 4) is 0 Å². The van der Waals surface area contributed by atoms with Gasteiger partial charge in [0.15, 0.2) is 6.29 Å². The lowest BCUT2D eigenvalue weighted by atomic mass is 9.73. The Bertz CT molecular complexity index is 608. The van der Waals surface area contributed by atoms with Gasteiger partial charge in [-0.1, -0.05) is 0 Å². The van der Waals surface area contributed by atoms with Gasteiger partial charge in [-0.3, -0.25) is 0 Å². The molecule has 0 saturated carbocycles. The van der Waals surface area contributed by atoms with Crippen LogP contribution in [0.1, 0.15) is 6.42 Å². The molecule has 3 rings (SSSR count). The largest absolute Gasteiger partial charge is 0.471 e. The Morgan fingerprint density at radius 3 is 2.54 bits per heavy atom. The molecular weight excluding hydrogens is 384 g/mol. The number of rotatable bonds is 5. The zero-order valence-corrected chi connectivity index (χ0v) is 14.7. The molecule has 0 radical (unpaired) electrons. The lowest BCUT2D eigenvalue weighted by Crippen LogP contribution is -2.63. The van der Waals surface area contributed by atoms with Crippen LogP contribution in [0, 0.1) is 5.92 Å². The van der Waals surface area contributed by atoms with E-state index in [1.54, 1.807) is 0 Å². The first kappa shape index (κ1) is 21.4. The molecule has 0 aromatic carbocycles. The molecule has 12 nitrogen and oxygen atoms in total. The molecular formula is C16H24O12. The summed E-state index contributed by atoms with van der Waals surface area (Å²) in [5.74, 6) is -2.23. The molecule has 9 atom stereocenters. The van der Waals surface area contributed by atoms with Crippen molar-refractivity contribution in [3.05, 3.63) is 11.8 Å². The van der Waals surface area contributed by atoms with Gasteiger partial charge in [0.25, 0.3) is 0 Å². The highest BCUT2D eigenvalue weighted by Gasteiger charge is 2.57. The molecule has 28 heavy (non-hydrogen) atoms. The maximum atomic E-state index is 11.9. The van der Waals surface area contributed by atoms with Gasteiger partial charge in [-0.25, -0.2) is 4.79 Å². The maximum absolute atomic E-state index is 11.9. The summed E-state index contributed by atoms with van der Waals surface area (Å²) in [6, 6.07) is 0. The van der Waals surface area contributed by atoms with Crippen LogP contribution in [0.15, 0.2) is 11.8 Å². The van der Waals surface area contributed by atoms with E-state index in [1.807, 2.05) is 0 Å². The van der Waals surface area contributed by atoms with E-state index in [1.165, 1.54) is 0 Å². The third-order valence-electron chi connectivity index (χ3n) is 5.29. The third kappa shape index (κ3) is 3.51. The van der Waals surface area contributed by atoms with Crippen molar-refractivity contribution in [1.29, 1.82) is 0 Å². The molecule has 0 unspecified atom stereocenters. The number of fused-ring (bicyclic) bond motifs is 1. The summed E-state index contributed by atoms with van der Waals surface area (Å²) >= 11 is 0. The predicted octanol–water partition coefficient (Wildman–Crippen LogP) is -4.31. The minimum Gasteiger partial charge on any atom is -0.471 e. The molecule has 3 heterocycles. The fourth-order valence-corrected chi connectivity index (χ4v) is 3.67. The van der Waals surface area contributed by atoms with Gasteiger partial charge in [-0.05, 0) is 0 Å². The van der Waals surface area contributed by atoms with Crippen molar-refractivity contribution in [1.82, 2.24) is 0 Å². The zero-order valence-electron chi connectivity index (χ0n) is 14.7. The number of carbonyl (C=O) groups is 1. The summed E-state index contributed by atoms with van der Waals surface area (Å²) in [5, 5.41) is 69.8. The van der Waals surface area contributed by atoms with E-state index in [-0.39, 0.29) is 18.6 Å². The van der Waals surface area contributed by atoms with Crippen LogP contribution in [0.4, 0.5) is 0 Å². The van der Waals surface area contributed by atoms with Crippen molar-refractivity contribution in [2.24, 2.45) is 5.92 Å². The van der Waals surface area contributed by atoms with Gasteiger partial charge >= 0.3 is 5.97 Å². The van der Waals surface area contributed by atoms with Crippen molar-refractivity contribution in [2.75, 3.05) is 19.8 Å². The second-order valence-corrected chi connectivity index (χ2v) is 6.96. The van der Waals surface area contributed by atoms with E-state index in [4.69, 9.17) is 18.9 Å². The van der Waals surface area contributed by atoms with Crippen molar-refractivity contribution in [3.63, 3.8) is 0 Å². The van der Waals surface area contributed by atoms with Crippen LogP contribution in [-0.2, 0) is 23.7 Å². The number of aliphatic hydroxyl groups excluding tert-OH is 6. The molecule has 3 aliphatic heterocycles. The van der Waals surface area contributed by atoms with Gasteiger partial charge in [-0.2, -0.15) is 0 Å². The molecule has 0 aliphatic carbocycles. The van der Waals surface area contributed by atoms with Crippen LogP contribution >= 0.6 is 0 Å². The Morgan fingerprint density at radius 1 is 1.18 bits per heavy atom. The van der Waals surface area contributed by atoms with Gasteiger partial charge in [0.2, 0.25) is 6.29 Å².